The molecule has 0 amide bonds. The van der Waals surface area contributed by atoms with Gasteiger partial charge in [0.1, 0.15) is 0 Å². The molecule has 1 aliphatic carbocycles. The standard InChI is InChI=1S/C16H23NO/c1-3-12-4-6-13(7-5-12)16(18)14-8-9-15(17)11(2)10-14/h8-10,12-13H,3-7,17H2,1-2H3. The number of carbonyl (C=O) groups is 1. The summed E-state index contributed by atoms with van der Waals surface area (Å²) in [5.74, 6) is 1.38. The van der Waals surface area contributed by atoms with Gasteiger partial charge in [0.2, 0.25) is 0 Å². The van der Waals surface area contributed by atoms with E-state index in [-0.39, 0.29) is 5.92 Å². The molecule has 0 heterocycles. The Hall–Kier alpha value is -1.31. The van der Waals surface area contributed by atoms with E-state index in [0.29, 0.717) is 5.78 Å². The van der Waals surface area contributed by atoms with Crippen molar-refractivity contribution in [3.05, 3.63) is 29.3 Å². The van der Waals surface area contributed by atoms with Gasteiger partial charge in [-0.15, -0.1) is 0 Å². The minimum absolute atomic E-state index is 0.232. The molecule has 2 rings (SSSR count). The van der Waals surface area contributed by atoms with Crippen molar-refractivity contribution in [2.45, 2.75) is 46.0 Å². The van der Waals surface area contributed by atoms with Gasteiger partial charge in [-0.3, -0.25) is 4.79 Å². The maximum Gasteiger partial charge on any atom is 0.165 e. The van der Waals surface area contributed by atoms with Gasteiger partial charge in [0, 0.05) is 17.2 Å². The molecule has 0 saturated heterocycles. The van der Waals surface area contributed by atoms with Crippen LogP contribution in [0.1, 0.15) is 54.9 Å². The van der Waals surface area contributed by atoms with E-state index in [1.807, 2.05) is 25.1 Å². The Morgan fingerprint density at radius 1 is 1.28 bits per heavy atom. The predicted octanol–water partition coefficient (Wildman–Crippen LogP) is 3.98. The van der Waals surface area contributed by atoms with Crippen LogP contribution in [0.2, 0.25) is 0 Å². The first-order chi connectivity index (χ1) is 8.61. The van der Waals surface area contributed by atoms with Crippen LogP contribution >= 0.6 is 0 Å². The van der Waals surface area contributed by atoms with Crippen molar-refractivity contribution < 1.29 is 4.79 Å². The lowest BCUT2D eigenvalue weighted by atomic mass is 9.77. The summed E-state index contributed by atoms with van der Waals surface area (Å²) < 4.78 is 0. The number of benzene rings is 1. The summed E-state index contributed by atoms with van der Waals surface area (Å²) in [5, 5.41) is 0. The minimum atomic E-state index is 0.232. The van der Waals surface area contributed by atoms with Crippen LogP contribution in [0.15, 0.2) is 18.2 Å². The molecule has 0 bridgehead atoms. The largest absolute Gasteiger partial charge is 0.399 e. The van der Waals surface area contributed by atoms with E-state index in [9.17, 15) is 4.79 Å². The van der Waals surface area contributed by atoms with Gasteiger partial charge in [-0.25, -0.2) is 0 Å². The first-order valence-electron chi connectivity index (χ1n) is 7.02. The zero-order chi connectivity index (χ0) is 13.1. The van der Waals surface area contributed by atoms with Crippen LogP contribution in [0.25, 0.3) is 0 Å². The highest BCUT2D eigenvalue weighted by atomic mass is 16.1. The van der Waals surface area contributed by atoms with Crippen molar-refractivity contribution in [1.29, 1.82) is 0 Å². The summed E-state index contributed by atoms with van der Waals surface area (Å²) in [7, 11) is 0. The maximum atomic E-state index is 12.4. The topological polar surface area (TPSA) is 43.1 Å². The fraction of sp³-hybridized carbons (Fsp3) is 0.562. The number of hydrogen-bond acceptors (Lipinski definition) is 2. The van der Waals surface area contributed by atoms with Gasteiger partial charge in [0.25, 0.3) is 0 Å². The van der Waals surface area contributed by atoms with Gasteiger partial charge < -0.3 is 5.73 Å². The number of rotatable bonds is 3. The second-order valence-corrected chi connectivity index (χ2v) is 5.56. The number of aryl methyl sites for hydroxylation is 1. The lowest BCUT2D eigenvalue weighted by Crippen LogP contribution is -2.21. The lowest BCUT2D eigenvalue weighted by Gasteiger charge is -2.26. The van der Waals surface area contributed by atoms with Gasteiger partial charge in [-0.1, -0.05) is 13.3 Å². The number of carbonyl (C=O) groups excluding carboxylic acids is 1. The fourth-order valence-electron chi connectivity index (χ4n) is 2.90. The van der Waals surface area contributed by atoms with Crippen LogP contribution in [0.5, 0.6) is 0 Å². The third kappa shape index (κ3) is 2.74. The molecule has 1 aromatic carbocycles. The molecule has 0 aromatic heterocycles. The Bertz CT molecular complexity index is 431. The number of nitrogen functional groups attached to an aromatic ring is 1. The van der Waals surface area contributed by atoms with E-state index in [0.717, 1.165) is 35.6 Å². The highest BCUT2D eigenvalue weighted by molar-refractivity contribution is 5.98. The Morgan fingerprint density at radius 2 is 1.94 bits per heavy atom. The molecule has 2 nitrogen and oxygen atoms in total. The quantitative estimate of drug-likeness (QED) is 0.646. The summed E-state index contributed by atoms with van der Waals surface area (Å²) in [5.41, 5.74) is 8.39. The van der Waals surface area contributed by atoms with Crippen LogP contribution in [0.3, 0.4) is 0 Å². The summed E-state index contributed by atoms with van der Waals surface area (Å²) in [6.07, 6.45) is 5.78. The van der Waals surface area contributed by atoms with Crippen molar-refractivity contribution >= 4 is 11.5 Å². The summed E-state index contributed by atoms with van der Waals surface area (Å²) in [6.45, 7) is 4.20. The monoisotopic (exact) mass is 245 g/mol. The second-order valence-electron chi connectivity index (χ2n) is 5.56. The fourth-order valence-corrected chi connectivity index (χ4v) is 2.90. The molecule has 0 aliphatic heterocycles. The van der Waals surface area contributed by atoms with Crippen molar-refractivity contribution in [2.75, 3.05) is 5.73 Å². The number of nitrogens with two attached hydrogens (primary N) is 1. The molecule has 0 spiro atoms. The van der Waals surface area contributed by atoms with Crippen molar-refractivity contribution in [1.82, 2.24) is 0 Å². The number of anilines is 1. The van der Waals surface area contributed by atoms with Gasteiger partial charge in [0.15, 0.2) is 5.78 Å². The molecule has 0 radical (unpaired) electrons. The van der Waals surface area contributed by atoms with Gasteiger partial charge >= 0.3 is 0 Å². The molecule has 1 fully saturated rings. The van der Waals surface area contributed by atoms with Crippen LogP contribution in [-0.4, -0.2) is 5.78 Å². The van der Waals surface area contributed by atoms with E-state index >= 15 is 0 Å². The summed E-state index contributed by atoms with van der Waals surface area (Å²) >= 11 is 0. The molecule has 1 saturated carbocycles. The van der Waals surface area contributed by atoms with Crippen LogP contribution < -0.4 is 5.73 Å². The first kappa shape index (κ1) is 13.1. The molecule has 98 valence electrons. The average molecular weight is 245 g/mol. The normalized spacial score (nSPS) is 23.9. The highest BCUT2D eigenvalue weighted by Crippen LogP contribution is 2.32. The molecule has 0 unspecified atom stereocenters. The van der Waals surface area contributed by atoms with E-state index in [1.165, 1.54) is 19.3 Å². The summed E-state index contributed by atoms with van der Waals surface area (Å²) in [6, 6.07) is 5.65. The number of hydrogen-bond donors (Lipinski definition) is 1. The van der Waals surface area contributed by atoms with Crippen LogP contribution in [-0.2, 0) is 0 Å². The summed E-state index contributed by atoms with van der Waals surface area (Å²) in [4.78, 5) is 12.4. The lowest BCUT2D eigenvalue weighted by molar-refractivity contribution is 0.0871. The zero-order valence-corrected chi connectivity index (χ0v) is 11.4. The molecule has 2 heteroatoms. The van der Waals surface area contributed by atoms with Crippen LogP contribution in [0, 0.1) is 18.8 Å². The van der Waals surface area contributed by atoms with Gasteiger partial charge in [-0.05, 0) is 62.3 Å². The van der Waals surface area contributed by atoms with E-state index in [1.54, 1.807) is 0 Å². The highest BCUT2D eigenvalue weighted by Gasteiger charge is 2.26. The SMILES string of the molecule is CCC1CCC(C(=O)c2ccc(N)c(C)c2)CC1. The van der Waals surface area contributed by atoms with E-state index in [2.05, 4.69) is 6.92 Å². The molecule has 18 heavy (non-hydrogen) atoms. The molecular weight excluding hydrogens is 222 g/mol. The van der Waals surface area contributed by atoms with Crippen molar-refractivity contribution in [3.63, 3.8) is 0 Å². The molecule has 0 atom stereocenters. The van der Waals surface area contributed by atoms with Gasteiger partial charge in [-0.2, -0.15) is 0 Å². The minimum Gasteiger partial charge on any atom is -0.399 e. The Labute approximate surface area is 110 Å². The van der Waals surface area contributed by atoms with Crippen molar-refractivity contribution in [3.8, 4) is 0 Å². The molecule has 1 aliphatic rings. The Morgan fingerprint density at radius 3 is 2.50 bits per heavy atom. The third-order valence-corrected chi connectivity index (χ3v) is 4.35. The van der Waals surface area contributed by atoms with E-state index < -0.39 is 0 Å². The molecule has 2 N–H and O–H groups in total. The average Bonchev–Trinajstić information content (AvgIpc) is 2.41. The maximum absolute atomic E-state index is 12.4. The molecular formula is C16H23NO. The smallest absolute Gasteiger partial charge is 0.165 e. The number of ketones is 1. The Balaban J connectivity index is 2.05. The number of Topliss-reactive ketones (excluding diaryl/α,β-unsaturated/α-hetero) is 1. The van der Waals surface area contributed by atoms with Gasteiger partial charge in [0.05, 0.1) is 0 Å². The third-order valence-electron chi connectivity index (χ3n) is 4.35. The first-order valence-corrected chi connectivity index (χ1v) is 7.02. The second kappa shape index (κ2) is 5.55. The van der Waals surface area contributed by atoms with Crippen LogP contribution in [0.4, 0.5) is 5.69 Å². The van der Waals surface area contributed by atoms with Crippen molar-refractivity contribution in [2.24, 2.45) is 11.8 Å². The Kier molecular flexibility index (Phi) is 4.05. The molecule has 1 aromatic rings. The zero-order valence-electron chi connectivity index (χ0n) is 11.4. The van der Waals surface area contributed by atoms with E-state index in [4.69, 9.17) is 5.73 Å². The predicted molar refractivity (Wildman–Crippen MR) is 75.7 cm³/mol.